The van der Waals surface area contributed by atoms with E-state index in [1.807, 2.05) is 0 Å². The second-order valence-electron chi connectivity index (χ2n) is 4.07. The van der Waals surface area contributed by atoms with Crippen LogP contribution in [-0.2, 0) is 19.1 Å². The van der Waals surface area contributed by atoms with E-state index in [1.165, 1.54) is 0 Å². The van der Waals surface area contributed by atoms with Gasteiger partial charge in [0, 0.05) is 5.92 Å². The molecule has 0 heterocycles. The maximum atomic E-state index is 11.6. The maximum Gasteiger partial charge on any atom is 0.325 e. The van der Waals surface area contributed by atoms with E-state index in [0.717, 1.165) is 0 Å². The largest absolute Gasteiger partial charge is 0.481 e. The average molecular weight is 243 g/mol. The predicted molar refractivity (Wildman–Crippen MR) is 58.1 cm³/mol. The summed E-state index contributed by atoms with van der Waals surface area (Å²) in [6.45, 7) is 1.81. The van der Waals surface area contributed by atoms with Crippen molar-refractivity contribution < 1.29 is 24.2 Å². The van der Waals surface area contributed by atoms with Crippen molar-refractivity contribution in [3.63, 3.8) is 0 Å². The van der Waals surface area contributed by atoms with Crippen LogP contribution >= 0.6 is 0 Å². The van der Waals surface area contributed by atoms with Crippen molar-refractivity contribution >= 4 is 17.8 Å². The molecular weight excluding hydrogens is 226 g/mol. The molecule has 6 heteroatoms. The van der Waals surface area contributed by atoms with E-state index >= 15 is 0 Å². The summed E-state index contributed by atoms with van der Waals surface area (Å²) in [4.78, 5) is 33.3. The molecular formula is C11H17NO5. The molecule has 1 aliphatic carbocycles. The Morgan fingerprint density at radius 1 is 1.29 bits per heavy atom. The molecule has 1 fully saturated rings. The molecule has 0 aliphatic heterocycles. The van der Waals surface area contributed by atoms with E-state index in [1.54, 1.807) is 6.92 Å². The second kappa shape index (κ2) is 6.22. The number of amides is 1. The first-order valence-corrected chi connectivity index (χ1v) is 5.70. The second-order valence-corrected chi connectivity index (χ2v) is 4.07. The standard InChI is InChI=1S/C11H17NO5/c1-2-17-9(13)6-12-10(14)7-3-4-8(5-7)11(15)16/h7-8H,2-6H2,1H3,(H,12,14)(H,15,16)/t7-,8+/m1/s1. The predicted octanol–water partition coefficient (Wildman–Crippen LogP) is 0.167. The van der Waals surface area contributed by atoms with Gasteiger partial charge in [-0.15, -0.1) is 0 Å². The van der Waals surface area contributed by atoms with E-state index in [9.17, 15) is 14.4 Å². The van der Waals surface area contributed by atoms with E-state index < -0.39 is 17.9 Å². The highest BCUT2D eigenvalue weighted by Gasteiger charge is 2.33. The number of nitrogens with one attached hydrogen (secondary N) is 1. The Morgan fingerprint density at radius 2 is 1.94 bits per heavy atom. The van der Waals surface area contributed by atoms with Gasteiger partial charge in [-0.25, -0.2) is 0 Å². The van der Waals surface area contributed by atoms with Gasteiger partial charge in [-0.2, -0.15) is 0 Å². The Kier molecular flexibility index (Phi) is 4.93. The third-order valence-corrected chi connectivity index (χ3v) is 2.86. The molecule has 0 saturated heterocycles. The van der Waals surface area contributed by atoms with E-state index in [-0.39, 0.29) is 25.0 Å². The van der Waals surface area contributed by atoms with Crippen molar-refractivity contribution in [3.05, 3.63) is 0 Å². The van der Waals surface area contributed by atoms with Crippen molar-refractivity contribution in [2.75, 3.05) is 13.2 Å². The Balaban J connectivity index is 2.30. The highest BCUT2D eigenvalue weighted by atomic mass is 16.5. The molecule has 1 saturated carbocycles. The van der Waals surface area contributed by atoms with Crippen LogP contribution in [0.1, 0.15) is 26.2 Å². The Morgan fingerprint density at radius 3 is 2.47 bits per heavy atom. The Bertz CT molecular complexity index is 315. The third kappa shape index (κ3) is 4.05. The van der Waals surface area contributed by atoms with Gasteiger partial charge in [0.1, 0.15) is 6.54 Å². The van der Waals surface area contributed by atoms with Gasteiger partial charge in [-0.1, -0.05) is 0 Å². The molecule has 1 rings (SSSR count). The first-order valence-electron chi connectivity index (χ1n) is 5.70. The zero-order valence-electron chi connectivity index (χ0n) is 9.77. The molecule has 1 aliphatic rings. The minimum Gasteiger partial charge on any atom is -0.481 e. The topological polar surface area (TPSA) is 92.7 Å². The molecule has 6 nitrogen and oxygen atoms in total. The molecule has 1 amide bonds. The summed E-state index contributed by atoms with van der Waals surface area (Å²) in [6, 6.07) is 0. The smallest absolute Gasteiger partial charge is 0.325 e. The molecule has 2 atom stereocenters. The SMILES string of the molecule is CCOC(=O)CNC(=O)[C@@H]1CC[C@H](C(=O)O)C1. The van der Waals surface area contributed by atoms with Gasteiger partial charge < -0.3 is 15.2 Å². The first-order chi connectivity index (χ1) is 8.04. The van der Waals surface area contributed by atoms with Gasteiger partial charge in [0.15, 0.2) is 0 Å². The van der Waals surface area contributed by atoms with Crippen molar-refractivity contribution in [1.29, 1.82) is 0 Å². The number of carbonyl (C=O) groups is 3. The van der Waals surface area contributed by atoms with E-state index in [4.69, 9.17) is 5.11 Å². The van der Waals surface area contributed by atoms with Crippen molar-refractivity contribution in [1.82, 2.24) is 5.32 Å². The monoisotopic (exact) mass is 243 g/mol. The molecule has 0 aromatic carbocycles. The molecule has 0 bridgehead atoms. The fraction of sp³-hybridized carbons (Fsp3) is 0.727. The number of esters is 1. The summed E-state index contributed by atoms with van der Waals surface area (Å²) in [6.07, 6.45) is 1.43. The number of hydrogen-bond acceptors (Lipinski definition) is 4. The summed E-state index contributed by atoms with van der Waals surface area (Å²) in [5.41, 5.74) is 0. The van der Waals surface area contributed by atoms with Crippen LogP contribution in [0.4, 0.5) is 0 Å². The lowest BCUT2D eigenvalue weighted by Crippen LogP contribution is -2.34. The van der Waals surface area contributed by atoms with E-state index in [2.05, 4.69) is 10.1 Å². The van der Waals surface area contributed by atoms with Crippen LogP contribution in [0.3, 0.4) is 0 Å². The van der Waals surface area contributed by atoms with Crippen LogP contribution in [0.15, 0.2) is 0 Å². The zero-order valence-corrected chi connectivity index (χ0v) is 9.77. The molecule has 0 aromatic rings. The molecule has 0 aromatic heterocycles. The summed E-state index contributed by atoms with van der Waals surface area (Å²) in [5, 5.41) is 11.3. The third-order valence-electron chi connectivity index (χ3n) is 2.86. The highest BCUT2D eigenvalue weighted by Crippen LogP contribution is 2.30. The number of carboxylic acid groups (broad SMARTS) is 1. The van der Waals surface area contributed by atoms with E-state index in [0.29, 0.717) is 19.3 Å². The number of ether oxygens (including phenoxy) is 1. The Labute approximate surface area is 99.3 Å². The lowest BCUT2D eigenvalue weighted by molar-refractivity contribution is -0.144. The van der Waals surface area contributed by atoms with Gasteiger partial charge in [0.25, 0.3) is 0 Å². The normalized spacial score (nSPS) is 23.1. The first kappa shape index (κ1) is 13.5. The quantitative estimate of drug-likeness (QED) is 0.671. The lowest BCUT2D eigenvalue weighted by atomic mass is 10.0. The van der Waals surface area contributed by atoms with Crippen LogP contribution in [0, 0.1) is 11.8 Å². The fourth-order valence-electron chi connectivity index (χ4n) is 1.96. The average Bonchev–Trinajstić information content (AvgIpc) is 2.75. The molecule has 0 radical (unpaired) electrons. The van der Waals surface area contributed by atoms with Crippen molar-refractivity contribution in [2.45, 2.75) is 26.2 Å². The highest BCUT2D eigenvalue weighted by molar-refractivity contribution is 5.84. The number of aliphatic carboxylic acids is 1. The summed E-state index contributed by atoms with van der Waals surface area (Å²) >= 11 is 0. The molecule has 0 unspecified atom stereocenters. The van der Waals surface area contributed by atoms with Crippen molar-refractivity contribution in [2.24, 2.45) is 11.8 Å². The molecule has 17 heavy (non-hydrogen) atoms. The van der Waals surface area contributed by atoms with Crippen LogP contribution in [0.25, 0.3) is 0 Å². The number of carbonyl (C=O) groups excluding carboxylic acids is 2. The van der Waals surface area contributed by atoms with Crippen LogP contribution in [0.5, 0.6) is 0 Å². The van der Waals surface area contributed by atoms with Gasteiger partial charge in [-0.3, -0.25) is 14.4 Å². The lowest BCUT2D eigenvalue weighted by Gasteiger charge is -2.10. The van der Waals surface area contributed by atoms with Gasteiger partial charge in [0.05, 0.1) is 12.5 Å². The van der Waals surface area contributed by atoms with Crippen LogP contribution in [-0.4, -0.2) is 36.1 Å². The van der Waals surface area contributed by atoms with Crippen LogP contribution in [0.2, 0.25) is 0 Å². The zero-order chi connectivity index (χ0) is 12.8. The fourth-order valence-corrected chi connectivity index (χ4v) is 1.96. The van der Waals surface area contributed by atoms with Crippen molar-refractivity contribution in [3.8, 4) is 0 Å². The molecule has 2 N–H and O–H groups in total. The minimum absolute atomic E-state index is 0.152. The molecule has 96 valence electrons. The van der Waals surface area contributed by atoms with Gasteiger partial charge in [0.2, 0.25) is 5.91 Å². The summed E-state index contributed by atoms with van der Waals surface area (Å²) in [5.74, 6) is -2.33. The van der Waals surface area contributed by atoms with Gasteiger partial charge in [-0.05, 0) is 26.2 Å². The molecule has 0 spiro atoms. The van der Waals surface area contributed by atoms with Gasteiger partial charge >= 0.3 is 11.9 Å². The Hall–Kier alpha value is -1.59. The number of rotatable bonds is 5. The van der Waals surface area contributed by atoms with Crippen LogP contribution < -0.4 is 5.32 Å². The summed E-state index contributed by atoms with van der Waals surface area (Å²) < 4.78 is 4.67. The number of hydrogen-bond donors (Lipinski definition) is 2. The summed E-state index contributed by atoms with van der Waals surface area (Å²) in [7, 11) is 0. The number of carboxylic acids is 1. The maximum absolute atomic E-state index is 11.6. The minimum atomic E-state index is -0.856.